The number of halogens is 1. The molecule has 0 atom stereocenters. The molecule has 0 unspecified atom stereocenters. The molecule has 94 valence electrons. The molecule has 2 aromatic rings. The van der Waals surface area contributed by atoms with Crippen LogP contribution < -0.4 is 10.2 Å². The van der Waals surface area contributed by atoms with E-state index in [1.807, 2.05) is 43.3 Å². The molecule has 1 amide bonds. The Bertz CT molecular complexity index is 570. The second kappa shape index (κ2) is 5.32. The molecule has 2 rings (SSSR count). The molecule has 0 fully saturated rings. The van der Waals surface area contributed by atoms with Crippen molar-refractivity contribution in [2.45, 2.75) is 0 Å². The second-order valence-corrected chi connectivity index (χ2v) is 5.32. The van der Waals surface area contributed by atoms with Crippen molar-refractivity contribution >= 4 is 40.2 Å². The minimum Gasteiger partial charge on any atom is -0.378 e. The average molecular weight is 283 g/mol. The summed E-state index contributed by atoms with van der Waals surface area (Å²) in [6, 6.07) is 7.52. The molecule has 1 aromatic heterocycles. The first kappa shape index (κ1) is 12.8. The van der Waals surface area contributed by atoms with Crippen molar-refractivity contribution in [1.82, 2.24) is 10.2 Å². The average Bonchev–Trinajstić information content (AvgIpc) is 2.76. The van der Waals surface area contributed by atoms with Gasteiger partial charge in [-0.25, -0.2) is 0 Å². The van der Waals surface area contributed by atoms with Crippen molar-refractivity contribution in [1.29, 1.82) is 0 Å². The van der Waals surface area contributed by atoms with Gasteiger partial charge in [0.2, 0.25) is 9.47 Å². The molecular weight excluding hydrogens is 272 g/mol. The Balaban J connectivity index is 2.14. The zero-order chi connectivity index (χ0) is 13.1. The molecule has 1 aromatic carbocycles. The molecule has 0 saturated carbocycles. The van der Waals surface area contributed by atoms with Crippen LogP contribution in [0.1, 0.15) is 9.80 Å². The van der Waals surface area contributed by atoms with Crippen LogP contribution in [0.25, 0.3) is 0 Å². The van der Waals surface area contributed by atoms with Gasteiger partial charge in [0.1, 0.15) is 0 Å². The Hall–Kier alpha value is -1.66. The lowest BCUT2D eigenvalue weighted by Gasteiger charge is -2.13. The van der Waals surface area contributed by atoms with Crippen LogP contribution in [0.2, 0.25) is 4.47 Å². The lowest BCUT2D eigenvalue weighted by molar-refractivity contribution is 0.102. The number of aromatic nitrogens is 2. The van der Waals surface area contributed by atoms with Crippen molar-refractivity contribution in [2.75, 3.05) is 24.3 Å². The zero-order valence-electron chi connectivity index (χ0n) is 9.85. The minimum atomic E-state index is -0.310. The van der Waals surface area contributed by atoms with Crippen molar-refractivity contribution in [3.05, 3.63) is 33.7 Å². The Labute approximate surface area is 113 Å². The third-order valence-corrected chi connectivity index (χ3v) is 3.23. The maximum atomic E-state index is 11.8. The van der Waals surface area contributed by atoms with Crippen LogP contribution in [0.4, 0.5) is 11.4 Å². The van der Waals surface area contributed by atoms with Gasteiger partial charge in [-0.2, -0.15) is 0 Å². The van der Waals surface area contributed by atoms with Crippen LogP contribution in [0.3, 0.4) is 0 Å². The smallest absolute Gasteiger partial charge is 0.286 e. The van der Waals surface area contributed by atoms with Crippen LogP contribution >= 0.6 is 22.9 Å². The van der Waals surface area contributed by atoms with E-state index in [2.05, 4.69) is 15.5 Å². The van der Waals surface area contributed by atoms with E-state index >= 15 is 0 Å². The van der Waals surface area contributed by atoms with E-state index in [1.54, 1.807) is 0 Å². The minimum absolute atomic E-state index is 0.246. The van der Waals surface area contributed by atoms with Gasteiger partial charge in [-0.15, -0.1) is 10.2 Å². The summed E-state index contributed by atoms with van der Waals surface area (Å²) in [5, 5.41) is 10.3. The highest BCUT2D eigenvalue weighted by Crippen LogP contribution is 2.20. The van der Waals surface area contributed by atoms with Gasteiger partial charge in [0.25, 0.3) is 5.91 Å². The van der Waals surface area contributed by atoms with Crippen molar-refractivity contribution in [2.24, 2.45) is 0 Å². The van der Waals surface area contributed by atoms with Crippen LogP contribution in [0, 0.1) is 0 Å². The molecule has 0 bridgehead atoms. The number of nitrogens with one attached hydrogen (secondary N) is 1. The Morgan fingerprint density at radius 2 is 2.17 bits per heavy atom. The molecule has 0 spiro atoms. The summed E-state index contributed by atoms with van der Waals surface area (Å²) in [5.41, 5.74) is 1.71. The summed E-state index contributed by atoms with van der Waals surface area (Å²) in [5.74, 6) is -0.310. The van der Waals surface area contributed by atoms with Gasteiger partial charge in [-0.1, -0.05) is 17.4 Å². The molecule has 0 aliphatic carbocycles. The largest absolute Gasteiger partial charge is 0.378 e. The molecule has 18 heavy (non-hydrogen) atoms. The quantitative estimate of drug-likeness (QED) is 0.940. The topological polar surface area (TPSA) is 58.1 Å². The number of hydrogen-bond acceptors (Lipinski definition) is 5. The molecule has 5 nitrogen and oxygen atoms in total. The number of carbonyl (C=O) groups excluding carboxylic acids is 1. The van der Waals surface area contributed by atoms with E-state index in [4.69, 9.17) is 11.6 Å². The highest BCUT2D eigenvalue weighted by atomic mass is 35.5. The van der Waals surface area contributed by atoms with Gasteiger partial charge >= 0.3 is 0 Å². The first-order valence-corrected chi connectivity index (χ1v) is 6.33. The third-order valence-electron chi connectivity index (χ3n) is 2.22. The number of amides is 1. The molecule has 0 saturated heterocycles. The van der Waals surface area contributed by atoms with Gasteiger partial charge in [-0.3, -0.25) is 4.79 Å². The van der Waals surface area contributed by atoms with Gasteiger partial charge < -0.3 is 10.2 Å². The molecule has 1 N–H and O–H groups in total. The number of carbonyl (C=O) groups is 1. The van der Waals surface area contributed by atoms with Crippen molar-refractivity contribution < 1.29 is 4.79 Å². The van der Waals surface area contributed by atoms with Crippen LogP contribution in [0.15, 0.2) is 24.3 Å². The molecular formula is C11H11ClN4OS. The molecule has 0 aliphatic heterocycles. The van der Waals surface area contributed by atoms with E-state index in [9.17, 15) is 4.79 Å². The fraction of sp³-hybridized carbons (Fsp3) is 0.182. The predicted octanol–water partition coefficient (Wildman–Crippen LogP) is 2.51. The Kier molecular flexibility index (Phi) is 3.78. The molecule has 0 radical (unpaired) electrons. The number of benzene rings is 1. The van der Waals surface area contributed by atoms with Crippen molar-refractivity contribution in [3.8, 4) is 0 Å². The second-order valence-electron chi connectivity index (χ2n) is 3.76. The van der Waals surface area contributed by atoms with Gasteiger partial charge in [-0.05, 0) is 29.8 Å². The summed E-state index contributed by atoms with van der Waals surface area (Å²) >= 11 is 6.68. The predicted molar refractivity (Wildman–Crippen MR) is 73.6 cm³/mol. The van der Waals surface area contributed by atoms with E-state index in [-0.39, 0.29) is 15.4 Å². The van der Waals surface area contributed by atoms with E-state index in [0.717, 1.165) is 17.0 Å². The fourth-order valence-electron chi connectivity index (χ4n) is 1.34. The number of nitrogens with zero attached hydrogens (tertiary/aromatic N) is 3. The highest BCUT2D eigenvalue weighted by Gasteiger charge is 2.12. The molecule has 1 heterocycles. The van der Waals surface area contributed by atoms with Crippen molar-refractivity contribution in [3.63, 3.8) is 0 Å². The van der Waals surface area contributed by atoms with Crippen LogP contribution in [0.5, 0.6) is 0 Å². The fourth-order valence-corrected chi connectivity index (χ4v) is 2.07. The molecule has 0 aliphatic rings. The summed E-state index contributed by atoms with van der Waals surface area (Å²) in [7, 11) is 3.87. The lowest BCUT2D eigenvalue weighted by atomic mass is 10.2. The maximum absolute atomic E-state index is 11.8. The van der Waals surface area contributed by atoms with Gasteiger partial charge in [0, 0.05) is 25.5 Å². The maximum Gasteiger partial charge on any atom is 0.286 e. The summed E-state index contributed by atoms with van der Waals surface area (Å²) in [6.45, 7) is 0. The number of hydrogen-bond donors (Lipinski definition) is 1. The van der Waals surface area contributed by atoms with E-state index in [1.165, 1.54) is 0 Å². The highest BCUT2D eigenvalue weighted by molar-refractivity contribution is 7.17. The summed E-state index contributed by atoms with van der Waals surface area (Å²) < 4.78 is 0.252. The monoisotopic (exact) mass is 282 g/mol. The third kappa shape index (κ3) is 2.96. The summed E-state index contributed by atoms with van der Waals surface area (Å²) in [4.78, 5) is 13.8. The Morgan fingerprint density at radius 3 is 2.78 bits per heavy atom. The summed E-state index contributed by atoms with van der Waals surface area (Å²) in [6.07, 6.45) is 0. The standard InChI is InChI=1S/C11H11ClN4OS/c1-16(2)8-5-3-4-7(6-8)13-9(17)10-14-15-11(12)18-10/h3-6H,1-2H3,(H,13,17). The first-order valence-electron chi connectivity index (χ1n) is 5.14. The normalized spacial score (nSPS) is 10.2. The first-order chi connectivity index (χ1) is 8.56. The molecule has 7 heteroatoms. The van der Waals surface area contributed by atoms with E-state index in [0.29, 0.717) is 5.69 Å². The number of rotatable bonds is 3. The lowest BCUT2D eigenvalue weighted by Crippen LogP contribution is -2.13. The SMILES string of the molecule is CN(C)c1cccc(NC(=O)c2nnc(Cl)s2)c1. The Morgan fingerprint density at radius 1 is 1.39 bits per heavy atom. The number of anilines is 2. The van der Waals surface area contributed by atoms with Crippen LogP contribution in [-0.2, 0) is 0 Å². The van der Waals surface area contributed by atoms with Gasteiger partial charge in [0.15, 0.2) is 0 Å². The van der Waals surface area contributed by atoms with Gasteiger partial charge in [0.05, 0.1) is 0 Å². The van der Waals surface area contributed by atoms with E-state index < -0.39 is 0 Å². The zero-order valence-corrected chi connectivity index (χ0v) is 11.4. The van der Waals surface area contributed by atoms with Crippen LogP contribution in [-0.4, -0.2) is 30.2 Å².